The Bertz CT molecular complexity index is 734. The van der Waals surface area contributed by atoms with Gasteiger partial charge in [0.25, 0.3) is 0 Å². The van der Waals surface area contributed by atoms with E-state index in [1.807, 2.05) is 6.07 Å². The van der Waals surface area contributed by atoms with Crippen molar-refractivity contribution >= 4 is 5.97 Å². The van der Waals surface area contributed by atoms with Crippen LogP contribution in [0.2, 0.25) is 0 Å². The Morgan fingerprint density at radius 1 is 1.32 bits per heavy atom. The number of benzene rings is 1. The number of aliphatic hydroxyl groups is 1. The summed E-state index contributed by atoms with van der Waals surface area (Å²) in [4.78, 5) is 16.9. The summed E-state index contributed by atoms with van der Waals surface area (Å²) in [6.45, 7) is 6.69. The molecule has 7 heteroatoms. The minimum Gasteiger partial charge on any atom is -0.461 e. The molecule has 1 fully saturated rings. The van der Waals surface area contributed by atoms with Gasteiger partial charge in [-0.1, -0.05) is 30.3 Å². The van der Waals surface area contributed by atoms with E-state index in [1.165, 1.54) is 5.56 Å². The van der Waals surface area contributed by atoms with Crippen LogP contribution in [0, 0.1) is 0 Å². The lowest BCUT2D eigenvalue weighted by atomic mass is 10.1. The summed E-state index contributed by atoms with van der Waals surface area (Å²) in [5.41, 5.74) is 2.64. The maximum absolute atomic E-state index is 12.1. The van der Waals surface area contributed by atoms with Gasteiger partial charge in [-0.05, 0) is 25.3 Å². The molecule has 0 bridgehead atoms. The molecule has 0 radical (unpaired) electrons. The number of piperazine rings is 1. The van der Waals surface area contributed by atoms with Crippen molar-refractivity contribution < 1.29 is 14.6 Å². The maximum Gasteiger partial charge on any atom is 0.356 e. The van der Waals surface area contributed by atoms with Gasteiger partial charge in [-0.3, -0.25) is 14.9 Å². The SMILES string of the molecule is CCOC(=O)c1[nH]ncc1CN1CCN(CCc2ccccc2)[C@H](CCO)C1. The number of carbonyl (C=O) groups excluding carboxylic acids is 1. The molecule has 1 aromatic carbocycles. The molecule has 0 spiro atoms. The van der Waals surface area contributed by atoms with Crippen LogP contribution in [-0.4, -0.2) is 76.5 Å². The van der Waals surface area contributed by atoms with Crippen LogP contribution in [0.5, 0.6) is 0 Å². The van der Waals surface area contributed by atoms with Crippen molar-refractivity contribution in [2.45, 2.75) is 32.4 Å². The Balaban J connectivity index is 1.58. The summed E-state index contributed by atoms with van der Waals surface area (Å²) < 4.78 is 5.10. The number of hydrogen-bond donors (Lipinski definition) is 2. The number of nitrogens with one attached hydrogen (secondary N) is 1. The number of aromatic amines is 1. The van der Waals surface area contributed by atoms with Gasteiger partial charge in [-0.15, -0.1) is 0 Å². The molecule has 1 aliphatic heterocycles. The normalized spacial score (nSPS) is 18.3. The quantitative estimate of drug-likeness (QED) is 0.639. The third-order valence-electron chi connectivity index (χ3n) is 5.27. The number of carbonyl (C=O) groups is 1. The second-order valence-electron chi connectivity index (χ2n) is 7.16. The molecule has 7 nitrogen and oxygen atoms in total. The van der Waals surface area contributed by atoms with E-state index in [0.717, 1.165) is 44.6 Å². The number of hydrogen-bond acceptors (Lipinski definition) is 6. The molecule has 1 saturated heterocycles. The monoisotopic (exact) mass is 386 g/mol. The lowest BCUT2D eigenvalue weighted by Gasteiger charge is -2.41. The lowest BCUT2D eigenvalue weighted by molar-refractivity contribution is 0.0500. The molecule has 0 amide bonds. The molecular weight excluding hydrogens is 356 g/mol. The average molecular weight is 386 g/mol. The average Bonchev–Trinajstić information content (AvgIpc) is 3.17. The Hall–Kier alpha value is -2.22. The number of aromatic nitrogens is 2. The number of esters is 1. The van der Waals surface area contributed by atoms with E-state index in [9.17, 15) is 9.90 Å². The standard InChI is InChI=1S/C21H30N4O3/c1-2-28-21(27)20-18(14-22-23-20)15-24-11-12-25(19(16-24)9-13-26)10-8-17-6-4-3-5-7-17/h3-7,14,19,26H,2,8-13,15-16H2,1H3,(H,22,23)/t19-/m1/s1. The number of nitrogens with zero attached hydrogens (tertiary/aromatic N) is 3. The first-order valence-corrected chi connectivity index (χ1v) is 10.0. The van der Waals surface area contributed by atoms with Gasteiger partial charge in [0.15, 0.2) is 0 Å². The van der Waals surface area contributed by atoms with Crippen molar-refractivity contribution in [2.24, 2.45) is 0 Å². The highest BCUT2D eigenvalue weighted by atomic mass is 16.5. The van der Waals surface area contributed by atoms with Gasteiger partial charge < -0.3 is 9.84 Å². The summed E-state index contributed by atoms with van der Waals surface area (Å²) in [6.07, 6.45) is 3.47. The first-order valence-electron chi connectivity index (χ1n) is 10.0. The fourth-order valence-electron chi connectivity index (χ4n) is 3.79. The summed E-state index contributed by atoms with van der Waals surface area (Å²) >= 11 is 0. The van der Waals surface area contributed by atoms with Gasteiger partial charge in [0.2, 0.25) is 0 Å². The van der Waals surface area contributed by atoms with Crippen LogP contribution >= 0.6 is 0 Å². The zero-order chi connectivity index (χ0) is 19.8. The van der Waals surface area contributed by atoms with Crippen LogP contribution < -0.4 is 0 Å². The predicted molar refractivity (Wildman–Crippen MR) is 107 cm³/mol. The van der Waals surface area contributed by atoms with Crippen molar-refractivity contribution in [1.29, 1.82) is 0 Å². The summed E-state index contributed by atoms with van der Waals surface area (Å²) in [7, 11) is 0. The van der Waals surface area contributed by atoms with E-state index >= 15 is 0 Å². The van der Waals surface area contributed by atoms with Gasteiger partial charge in [0.05, 0.1) is 12.8 Å². The highest BCUT2D eigenvalue weighted by Gasteiger charge is 2.27. The van der Waals surface area contributed by atoms with E-state index < -0.39 is 0 Å². The summed E-state index contributed by atoms with van der Waals surface area (Å²) in [5, 5.41) is 16.3. The Morgan fingerprint density at radius 2 is 2.14 bits per heavy atom. The fraction of sp³-hybridized carbons (Fsp3) is 0.524. The molecule has 2 aromatic rings. The zero-order valence-corrected chi connectivity index (χ0v) is 16.5. The second-order valence-corrected chi connectivity index (χ2v) is 7.16. The van der Waals surface area contributed by atoms with E-state index in [2.05, 4.69) is 44.3 Å². The second kappa shape index (κ2) is 10.4. The lowest BCUT2D eigenvalue weighted by Crippen LogP contribution is -2.53. The van der Waals surface area contributed by atoms with Crippen molar-refractivity contribution in [2.75, 3.05) is 39.4 Å². The van der Waals surface area contributed by atoms with Crippen molar-refractivity contribution in [1.82, 2.24) is 20.0 Å². The van der Waals surface area contributed by atoms with Crippen LogP contribution in [-0.2, 0) is 17.7 Å². The van der Waals surface area contributed by atoms with Crippen LogP contribution in [0.1, 0.15) is 35.0 Å². The fourth-order valence-corrected chi connectivity index (χ4v) is 3.79. The highest BCUT2D eigenvalue weighted by molar-refractivity contribution is 5.88. The van der Waals surface area contributed by atoms with Crippen LogP contribution in [0.3, 0.4) is 0 Å². The number of ether oxygens (including phenoxy) is 1. The molecule has 1 aliphatic rings. The number of rotatable bonds is 9. The van der Waals surface area contributed by atoms with Gasteiger partial charge in [0.1, 0.15) is 5.69 Å². The van der Waals surface area contributed by atoms with Gasteiger partial charge in [-0.2, -0.15) is 5.10 Å². The molecule has 1 aromatic heterocycles. The smallest absolute Gasteiger partial charge is 0.356 e. The van der Waals surface area contributed by atoms with Gasteiger partial charge >= 0.3 is 5.97 Å². The Labute approximate surface area is 166 Å². The molecule has 0 aliphatic carbocycles. The van der Waals surface area contributed by atoms with E-state index in [-0.39, 0.29) is 12.6 Å². The number of H-pyrrole nitrogens is 1. The maximum atomic E-state index is 12.1. The topological polar surface area (TPSA) is 81.7 Å². The molecular formula is C21H30N4O3. The molecule has 152 valence electrons. The Morgan fingerprint density at radius 3 is 2.89 bits per heavy atom. The van der Waals surface area contributed by atoms with Crippen LogP contribution in [0.25, 0.3) is 0 Å². The van der Waals surface area contributed by atoms with Crippen molar-refractivity contribution in [3.8, 4) is 0 Å². The predicted octanol–water partition coefficient (Wildman–Crippen LogP) is 1.70. The van der Waals surface area contributed by atoms with Crippen LogP contribution in [0.15, 0.2) is 36.5 Å². The van der Waals surface area contributed by atoms with E-state index in [1.54, 1.807) is 13.1 Å². The Kier molecular flexibility index (Phi) is 7.59. The van der Waals surface area contributed by atoms with Crippen molar-refractivity contribution in [3.05, 3.63) is 53.3 Å². The molecule has 1 atom stereocenters. The van der Waals surface area contributed by atoms with E-state index in [0.29, 0.717) is 24.9 Å². The molecule has 0 unspecified atom stereocenters. The molecule has 0 saturated carbocycles. The zero-order valence-electron chi connectivity index (χ0n) is 16.5. The van der Waals surface area contributed by atoms with Gasteiger partial charge in [0, 0.05) is 50.9 Å². The highest BCUT2D eigenvalue weighted by Crippen LogP contribution is 2.18. The minimum absolute atomic E-state index is 0.181. The first-order chi connectivity index (χ1) is 13.7. The third kappa shape index (κ3) is 5.41. The molecule has 28 heavy (non-hydrogen) atoms. The summed E-state index contributed by atoms with van der Waals surface area (Å²) in [5.74, 6) is -0.358. The van der Waals surface area contributed by atoms with Gasteiger partial charge in [-0.25, -0.2) is 4.79 Å². The molecule has 2 heterocycles. The molecule has 2 N–H and O–H groups in total. The first kappa shape index (κ1) is 20.5. The van der Waals surface area contributed by atoms with Crippen molar-refractivity contribution in [3.63, 3.8) is 0 Å². The summed E-state index contributed by atoms with van der Waals surface area (Å²) in [6, 6.07) is 10.8. The minimum atomic E-state index is -0.358. The largest absolute Gasteiger partial charge is 0.461 e. The van der Waals surface area contributed by atoms with E-state index in [4.69, 9.17) is 4.74 Å². The third-order valence-corrected chi connectivity index (χ3v) is 5.27. The molecule has 3 rings (SSSR count). The number of aliphatic hydroxyl groups excluding tert-OH is 1. The van der Waals surface area contributed by atoms with Crippen LogP contribution in [0.4, 0.5) is 0 Å².